The minimum Gasteiger partial charge on any atom is -0.468 e. The lowest BCUT2D eigenvalue weighted by Crippen LogP contribution is -2.40. The van der Waals surface area contributed by atoms with E-state index in [1.807, 2.05) is 70.3 Å². The molecule has 1 aliphatic rings. The predicted octanol–water partition coefficient (Wildman–Crippen LogP) is 4.09. The van der Waals surface area contributed by atoms with E-state index >= 15 is 0 Å². The van der Waals surface area contributed by atoms with Crippen LogP contribution in [0.2, 0.25) is 0 Å². The summed E-state index contributed by atoms with van der Waals surface area (Å²) in [6.45, 7) is 0.0540. The first-order valence-electron chi connectivity index (χ1n) is 9.46. The SMILES string of the molecule is COC(=O)CN1[C@H](c2cccs2)[C@H](C(=O)OC)N(c2ccccc2)[C@@H]1c1cccs1. The molecule has 4 rings (SSSR count). The molecule has 6 nitrogen and oxygen atoms in total. The van der Waals surface area contributed by atoms with Gasteiger partial charge in [0.2, 0.25) is 0 Å². The smallest absolute Gasteiger partial charge is 0.330 e. The van der Waals surface area contributed by atoms with Crippen molar-refractivity contribution in [1.82, 2.24) is 4.90 Å². The van der Waals surface area contributed by atoms with Crippen molar-refractivity contribution < 1.29 is 19.1 Å². The normalized spacial score (nSPS) is 21.5. The average molecular weight is 443 g/mol. The Balaban J connectivity index is 1.92. The van der Waals surface area contributed by atoms with Crippen LogP contribution in [0.25, 0.3) is 0 Å². The first-order valence-corrected chi connectivity index (χ1v) is 11.2. The minimum atomic E-state index is -0.618. The van der Waals surface area contributed by atoms with Gasteiger partial charge in [-0.25, -0.2) is 4.79 Å². The van der Waals surface area contributed by atoms with Crippen LogP contribution in [0, 0.1) is 0 Å². The summed E-state index contributed by atoms with van der Waals surface area (Å²) in [5.41, 5.74) is 0.889. The number of anilines is 1. The van der Waals surface area contributed by atoms with Crippen molar-refractivity contribution in [3.8, 4) is 0 Å². The van der Waals surface area contributed by atoms with E-state index in [0.717, 1.165) is 15.4 Å². The number of thiophene rings is 2. The Morgan fingerprint density at radius 1 is 0.900 bits per heavy atom. The zero-order valence-electron chi connectivity index (χ0n) is 16.6. The molecule has 0 bridgehead atoms. The van der Waals surface area contributed by atoms with Crippen molar-refractivity contribution in [3.63, 3.8) is 0 Å². The number of rotatable bonds is 6. The largest absolute Gasteiger partial charge is 0.468 e. The topological polar surface area (TPSA) is 59.1 Å². The third-order valence-electron chi connectivity index (χ3n) is 5.20. The number of para-hydroxylation sites is 1. The summed E-state index contributed by atoms with van der Waals surface area (Å²) in [7, 11) is 2.78. The number of ether oxygens (including phenoxy) is 2. The van der Waals surface area contributed by atoms with Gasteiger partial charge < -0.3 is 14.4 Å². The number of carbonyl (C=O) groups is 2. The summed E-state index contributed by atoms with van der Waals surface area (Å²) in [6.07, 6.45) is -0.317. The van der Waals surface area contributed by atoms with E-state index < -0.39 is 6.04 Å². The molecule has 3 atom stereocenters. The maximum absolute atomic E-state index is 13.1. The summed E-state index contributed by atoms with van der Waals surface area (Å²) in [6, 6.07) is 16.8. The fraction of sp³-hybridized carbons (Fsp3) is 0.273. The van der Waals surface area contributed by atoms with Gasteiger partial charge >= 0.3 is 11.9 Å². The number of methoxy groups -OCH3 is 2. The van der Waals surface area contributed by atoms with Gasteiger partial charge in [-0.1, -0.05) is 30.3 Å². The number of nitrogens with zero attached hydrogens (tertiary/aromatic N) is 2. The summed E-state index contributed by atoms with van der Waals surface area (Å²) in [4.78, 5) is 31.6. The molecule has 0 aliphatic carbocycles. The van der Waals surface area contributed by atoms with E-state index in [1.54, 1.807) is 22.7 Å². The third-order valence-corrected chi connectivity index (χ3v) is 7.06. The van der Waals surface area contributed by atoms with Crippen LogP contribution in [0.5, 0.6) is 0 Å². The minimum absolute atomic E-state index is 0.0540. The van der Waals surface area contributed by atoms with Gasteiger partial charge in [0.05, 0.1) is 26.8 Å². The average Bonchev–Trinajstić information content (AvgIpc) is 3.53. The van der Waals surface area contributed by atoms with Crippen LogP contribution in [0.4, 0.5) is 5.69 Å². The number of benzene rings is 1. The van der Waals surface area contributed by atoms with Crippen LogP contribution in [-0.2, 0) is 19.1 Å². The van der Waals surface area contributed by atoms with Gasteiger partial charge in [0.1, 0.15) is 12.2 Å². The molecular weight excluding hydrogens is 420 g/mol. The monoisotopic (exact) mass is 442 g/mol. The van der Waals surface area contributed by atoms with Crippen molar-refractivity contribution >= 4 is 40.3 Å². The maximum atomic E-state index is 13.1. The fourth-order valence-electron chi connectivity index (χ4n) is 3.98. The molecule has 1 aliphatic heterocycles. The molecule has 0 saturated carbocycles. The first kappa shape index (κ1) is 20.6. The zero-order valence-corrected chi connectivity index (χ0v) is 18.3. The second-order valence-corrected chi connectivity index (χ2v) is 8.77. The number of carbonyl (C=O) groups excluding carboxylic acids is 2. The first-order chi connectivity index (χ1) is 14.7. The molecule has 3 aromatic rings. The number of esters is 2. The molecule has 0 unspecified atom stereocenters. The van der Waals surface area contributed by atoms with E-state index in [2.05, 4.69) is 4.90 Å². The van der Waals surface area contributed by atoms with E-state index in [9.17, 15) is 9.59 Å². The Labute approximate surface area is 183 Å². The van der Waals surface area contributed by atoms with Gasteiger partial charge in [0.15, 0.2) is 0 Å². The van der Waals surface area contributed by atoms with Crippen LogP contribution < -0.4 is 4.90 Å². The van der Waals surface area contributed by atoms with Crippen molar-refractivity contribution in [1.29, 1.82) is 0 Å². The summed E-state index contributed by atoms with van der Waals surface area (Å²) < 4.78 is 10.2. The highest BCUT2D eigenvalue weighted by atomic mass is 32.1. The molecule has 8 heteroatoms. The number of hydrogen-bond donors (Lipinski definition) is 0. The second-order valence-electron chi connectivity index (χ2n) is 6.81. The van der Waals surface area contributed by atoms with E-state index in [4.69, 9.17) is 9.47 Å². The highest BCUT2D eigenvalue weighted by Crippen LogP contribution is 2.49. The molecular formula is C22H22N2O4S2. The highest BCUT2D eigenvalue weighted by molar-refractivity contribution is 7.10. The van der Waals surface area contributed by atoms with Crippen LogP contribution in [0.1, 0.15) is 22.0 Å². The van der Waals surface area contributed by atoms with Crippen molar-refractivity contribution in [2.45, 2.75) is 18.2 Å². The molecule has 3 heterocycles. The van der Waals surface area contributed by atoms with Crippen molar-refractivity contribution in [3.05, 3.63) is 75.1 Å². The van der Waals surface area contributed by atoms with Gasteiger partial charge in [0.25, 0.3) is 0 Å². The number of hydrogen-bond acceptors (Lipinski definition) is 8. The summed E-state index contributed by atoms with van der Waals surface area (Å²) >= 11 is 3.16. The van der Waals surface area contributed by atoms with Crippen LogP contribution in [0.3, 0.4) is 0 Å². The Bertz CT molecular complexity index is 976. The fourth-order valence-corrected chi connectivity index (χ4v) is 5.70. The van der Waals surface area contributed by atoms with Crippen LogP contribution in [-0.4, -0.2) is 43.6 Å². The molecule has 2 aromatic heterocycles. The lowest BCUT2D eigenvalue weighted by molar-refractivity contribution is -0.145. The van der Waals surface area contributed by atoms with E-state index in [0.29, 0.717) is 0 Å². The van der Waals surface area contributed by atoms with Crippen molar-refractivity contribution in [2.24, 2.45) is 0 Å². The van der Waals surface area contributed by atoms with Crippen LogP contribution in [0.15, 0.2) is 65.4 Å². The van der Waals surface area contributed by atoms with E-state index in [-0.39, 0.29) is 30.7 Å². The molecule has 0 N–H and O–H groups in total. The Morgan fingerprint density at radius 3 is 2.13 bits per heavy atom. The van der Waals surface area contributed by atoms with Crippen molar-refractivity contribution in [2.75, 3.05) is 25.7 Å². The molecule has 156 valence electrons. The Kier molecular flexibility index (Phi) is 6.17. The second kappa shape index (κ2) is 8.99. The summed E-state index contributed by atoms with van der Waals surface area (Å²) in [5, 5.41) is 3.98. The molecule has 1 fully saturated rings. The van der Waals surface area contributed by atoms with E-state index in [1.165, 1.54) is 14.2 Å². The molecule has 0 radical (unpaired) electrons. The lowest BCUT2D eigenvalue weighted by atomic mass is 10.1. The van der Waals surface area contributed by atoms with Gasteiger partial charge in [0, 0.05) is 15.4 Å². The molecule has 1 aromatic carbocycles. The lowest BCUT2D eigenvalue weighted by Gasteiger charge is -2.32. The standard InChI is InChI=1S/C22H22N2O4S2/c1-27-18(25)14-23-19(16-10-6-12-29-16)20(22(26)28-2)24(15-8-4-3-5-9-15)21(23)17-11-7-13-30-17/h3-13,19-21H,14H2,1-2H3/t19-,20-,21-/m1/s1. The highest BCUT2D eigenvalue weighted by Gasteiger charge is 2.53. The summed E-state index contributed by atoms with van der Waals surface area (Å²) in [5.74, 6) is -0.692. The molecule has 30 heavy (non-hydrogen) atoms. The quantitative estimate of drug-likeness (QED) is 0.536. The molecule has 1 saturated heterocycles. The Morgan fingerprint density at radius 2 is 1.57 bits per heavy atom. The van der Waals surface area contributed by atoms with Crippen LogP contribution >= 0.6 is 22.7 Å². The van der Waals surface area contributed by atoms with Gasteiger partial charge in [-0.15, -0.1) is 22.7 Å². The van der Waals surface area contributed by atoms with Gasteiger partial charge in [-0.05, 0) is 35.0 Å². The third kappa shape index (κ3) is 3.74. The Hall–Kier alpha value is -2.68. The molecule has 0 spiro atoms. The molecule has 0 amide bonds. The zero-order chi connectivity index (χ0) is 21.1. The predicted molar refractivity (Wildman–Crippen MR) is 118 cm³/mol. The van der Waals surface area contributed by atoms with Gasteiger partial charge in [-0.3, -0.25) is 9.69 Å². The van der Waals surface area contributed by atoms with Gasteiger partial charge in [-0.2, -0.15) is 0 Å². The maximum Gasteiger partial charge on any atom is 0.330 e.